The monoisotopic (exact) mass is 457 g/mol. The van der Waals surface area contributed by atoms with Crippen molar-refractivity contribution < 1.29 is 9.53 Å². The first kappa shape index (κ1) is 21.2. The molecule has 1 fully saturated rings. The number of pyridine rings is 1. The largest absolute Gasteiger partial charge is 0.457 e. The summed E-state index contributed by atoms with van der Waals surface area (Å²) in [5, 5.41) is 12.4. The summed E-state index contributed by atoms with van der Waals surface area (Å²) in [7, 11) is 0. The quantitative estimate of drug-likeness (QED) is 0.352. The van der Waals surface area contributed by atoms with Crippen LogP contribution >= 0.6 is 11.8 Å². The van der Waals surface area contributed by atoms with Crippen LogP contribution in [0.1, 0.15) is 24.4 Å². The molecular weight excluding hydrogens is 434 g/mol. The van der Waals surface area contributed by atoms with Crippen molar-refractivity contribution in [2.75, 3.05) is 11.1 Å². The van der Waals surface area contributed by atoms with Gasteiger partial charge in [-0.15, -0.1) is 10.2 Å². The molecule has 2 aromatic heterocycles. The molecule has 7 nitrogen and oxygen atoms in total. The van der Waals surface area contributed by atoms with Gasteiger partial charge in [-0.05, 0) is 68.3 Å². The number of carbonyl (C=O) groups is 1. The summed E-state index contributed by atoms with van der Waals surface area (Å²) in [4.78, 5) is 16.6. The number of aryl methyl sites for hydroxylation is 1. The summed E-state index contributed by atoms with van der Waals surface area (Å²) in [5.74, 6) is 2.48. The van der Waals surface area contributed by atoms with E-state index in [1.807, 2.05) is 67.6 Å². The van der Waals surface area contributed by atoms with E-state index in [4.69, 9.17) is 4.74 Å². The Labute approximate surface area is 196 Å². The lowest BCUT2D eigenvalue weighted by atomic mass is 10.2. The zero-order valence-corrected chi connectivity index (χ0v) is 19.0. The van der Waals surface area contributed by atoms with Crippen LogP contribution in [0.5, 0.6) is 11.5 Å². The molecule has 166 valence electrons. The van der Waals surface area contributed by atoms with Crippen molar-refractivity contribution in [2.45, 2.75) is 31.0 Å². The predicted molar refractivity (Wildman–Crippen MR) is 129 cm³/mol. The minimum absolute atomic E-state index is 0.0944. The minimum atomic E-state index is -0.0944. The molecule has 0 radical (unpaired) electrons. The van der Waals surface area contributed by atoms with Gasteiger partial charge in [-0.2, -0.15) is 0 Å². The first-order valence-electron chi connectivity index (χ1n) is 10.8. The second-order valence-electron chi connectivity index (χ2n) is 7.92. The molecule has 8 heteroatoms. The van der Waals surface area contributed by atoms with E-state index in [1.54, 1.807) is 12.4 Å². The van der Waals surface area contributed by atoms with Crippen molar-refractivity contribution in [3.63, 3.8) is 0 Å². The van der Waals surface area contributed by atoms with E-state index in [9.17, 15) is 4.79 Å². The molecule has 0 atom stereocenters. The van der Waals surface area contributed by atoms with Gasteiger partial charge in [0.1, 0.15) is 11.5 Å². The Balaban J connectivity index is 1.19. The van der Waals surface area contributed by atoms with E-state index in [0.29, 0.717) is 11.8 Å². The second kappa shape index (κ2) is 9.46. The van der Waals surface area contributed by atoms with Crippen LogP contribution in [0.25, 0.3) is 11.4 Å². The van der Waals surface area contributed by atoms with Crippen molar-refractivity contribution in [3.05, 3.63) is 78.6 Å². The van der Waals surface area contributed by atoms with Gasteiger partial charge in [0.15, 0.2) is 11.0 Å². The minimum Gasteiger partial charge on any atom is -0.457 e. The van der Waals surface area contributed by atoms with E-state index in [-0.39, 0.29) is 11.7 Å². The zero-order chi connectivity index (χ0) is 22.6. The van der Waals surface area contributed by atoms with Gasteiger partial charge in [-0.25, -0.2) is 0 Å². The van der Waals surface area contributed by atoms with Crippen molar-refractivity contribution in [1.29, 1.82) is 0 Å². The van der Waals surface area contributed by atoms with E-state index in [2.05, 4.69) is 25.1 Å². The molecule has 0 unspecified atom stereocenters. The Kier molecular flexibility index (Phi) is 6.08. The smallest absolute Gasteiger partial charge is 0.234 e. The number of thioether (sulfide) groups is 1. The number of aromatic nitrogens is 4. The van der Waals surface area contributed by atoms with Gasteiger partial charge in [0.2, 0.25) is 5.91 Å². The lowest BCUT2D eigenvalue weighted by molar-refractivity contribution is -0.113. The Morgan fingerprint density at radius 3 is 2.33 bits per heavy atom. The Hall–Kier alpha value is -3.65. The van der Waals surface area contributed by atoms with Gasteiger partial charge in [0.05, 0.1) is 5.75 Å². The van der Waals surface area contributed by atoms with Crippen molar-refractivity contribution in [1.82, 2.24) is 19.7 Å². The van der Waals surface area contributed by atoms with Crippen LogP contribution in [0, 0.1) is 6.92 Å². The number of nitrogens with zero attached hydrogens (tertiary/aromatic N) is 4. The molecule has 4 aromatic rings. The highest BCUT2D eigenvalue weighted by molar-refractivity contribution is 7.99. The summed E-state index contributed by atoms with van der Waals surface area (Å²) in [6, 6.07) is 19.5. The van der Waals surface area contributed by atoms with Crippen LogP contribution in [-0.2, 0) is 4.79 Å². The van der Waals surface area contributed by atoms with E-state index in [0.717, 1.165) is 40.8 Å². The summed E-state index contributed by atoms with van der Waals surface area (Å²) in [6.45, 7) is 2.04. The first-order valence-corrected chi connectivity index (χ1v) is 11.8. The maximum atomic E-state index is 12.5. The predicted octanol–water partition coefficient (Wildman–Crippen LogP) is 5.51. The maximum Gasteiger partial charge on any atom is 0.234 e. The fraction of sp³-hybridized carbons (Fsp3) is 0.200. The topological polar surface area (TPSA) is 81.9 Å². The third-order valence-corrected chi connectivity index (χ3v) is 6.19. The van der Waals surface area contributed by atoms with Gasteiger partial charge in [0.25, 0.3) is 0 Å². The number of nitrogens with one attached hydrogen (secondary N) is 1. The van der Waals surface area contributed by atoms with E-state index < -0.39 is 0 Å². The molecule has 1 aliphatic carbocycles. The highest BCUT2D eigenvalue weighted by Crippen LogP contribution is 2.41. The van der Waals surface area contributed by atoms with Crippen molar-refractivity contribution in [3.8, 4) is 22.9 Å². The molecule has 0 aliphatic heterocycles. The molecule has 5 rings (SSSR count). The molecule has 2 heterocycles. The third kappa shape index (κ3) is 5.23. The average Bonchev–Trinajstić information content (AvgIpc) is 3.59. The van der Waals surface area contributed by atoms with Crippen molar-refractivity contribution in [2.24, 2.45) is 0 Å². The number of anilines is 1. The highest BCUT2D eigenvalue weighted by Gasteiger charge is 2.30. The van der Waals surface area contributed by atoms with Crippen molar-refractivity contribution >= 4 is 23.4 Å². The van der Waals surface area contributed by atoms with Crippen LogP contribution in [0.4, 0.5) is 5.69 Å². The molecule has 2 aromatic carbocycles. The molecule has 1 N–H and O–H groups in total. The van der Waals surface area contributed by atoms with Gasteiger partial charge in [0, 0.05) is 29.7 Å². The van der Waals surface area contributed by atoms with Crippen LogP contribution in [-0.4, -0.2) is 31.4 Å². The summed E-state index contributed by atoms with van der Waals surface area (Å²) in [6.07, 6.45) is 5.71. The number of hydrogen-bond donors (Lipinski definition) is 1. The number of rotatable bonds is 8. The summed E-state index contributed by atoms with van der Waals surface area (Å²) in [5.41, 5.74) is 2.88. The first-order chi connectivity index (χ1) is 16.2. The van der Waals surface area contributed by atoms with Crippen LogP contribution < -0.4 is 10.1 Å². The number of ether oxygens (including phenoxy) is 1. The molecular formula is C25H23N5O2S. The summed E-state index contributed by atoms with van der Waals surface area (Å²) < 4.78 is 7.98. The molecule has 33 heavy (non-hydrogen) atoms. The van der Waals surface area contributed by atoms with Gasteiger partial charge < -0.3 is 10.1 Å². The fourth-order valence-electron chi connectivity index (χ4n) is 3.41. The number of hydrogen-bond acceptors (Lipinski definition) is 6. The zero-order valence-electron chi connectivity index (χ0n) is 18.1. The molecule has 1 aliphatic rings. The maximum absolute atomic E-state index is 12.5. The second-order valence-corrected chi connectivity index (χ2v) is 8.86. The number of amides is 1. The van der Waals surface area contributed by atoms with E-state index in [1.165, 1.54) is 17.3 Å². The molecule has 0 saturated heterocycles. The fourth-order valence-corrected chi connectivity index (χ4v) is 4.22. The summed E-state index contributed by atoms with van der Waals surface area (Å²) >= 11 is 1.40. The molecule has 0 spiro atoms. The number of benzene rings is 2. The van der Waals surface area contributed by atoms with Crippen LogP contribution in [0.2, 0.25) is 0 Å². The molecule has 0 bridgehead atoms. The highest BCUT2D eigenvalue weighted by atomic mass is 32.2. The van der Waals surface area contributed by atoms with E-state index >= 15 is 0 Å². The Morgan fingerprint density at radius 2 is 1.67 bits per heavy atom. The third-order valence-electron chi connectivity index (χ3n) is 5.24. The molecule has 1 amide bonds. The molecule has 1 saturated carbocycles. The normalized spacial score (nSPS) is 13.0. The van der Waals surface area contributed by atoms with Gasteiger partial charge in [-0.1, -0.05) is 29.5 Å². The standard InChI is InChI=1S/C25H23N5O2S/c1-17-2-8-21(9-3-17)32-22-10-4-19(5-11-22)27-23(31)16-33-25-29-28-24(30(25)20-6-7-20)18-12-14-26-15-13-18/h2-5,8-15,20H,6-7,16H2,1H3,(H,27,31). The van der Waals surface area contributed by atoms with Crippen LogP contribution in [0.15, 0.2) is 78.2 Å². The van der Waals surface area contributed by atoms with Gasteiger partial charge >= 0.3 is 0 Å². The van der Waals surface area contributed by atoms with Crippen LogP contribution in [0.3, 0.4) is 0 Å². The lowest BCUT2D eigenvalue weighted by Gasteiger charge is -2.10. The Bertz CT molecular complexity index is 1240. The average molecular weight is 458 g/mol. The lowest BCUT2D eigenvalue weighted by Crippen LogP contribution is -2.14. The number of carbonyl (C=O) groups excluding carboxylic acids is 1. The Morgan fingerprint density at radius 1 is 1.00 bits per heavy atom. The van der Waals surface area contributed by atoms with Gasteiger partial charge in [-0.3, -0.25) is 14.3 Å². The SMILES string of the molecule is Cc1ccc(Oc2ccc(NC(=O)CSc3nnc(-c4ccncc4)n3C3CC3)cc2)cc1.